The molecule has 5 nitrogen and oxygen atoms in total. The summed E-state index contributed by atoms with van der Waals surface area (Å²) in [6.45, 7) is 0. The first-order valence-corrected chi connectivity index (χ1v) is 4.17. The van der Waals surface area contributed by atoms with E-state index in [1.54, 1.807) is 24.0 Å². The van der Waals surface area contributed by atoms with E-state index in [-0.39, 0.29) is 6.42 Å². The molecule has 1 N–H and O–H groups in total. The highest BCUT2D eigenvalue weighted by Crippen LogP contribution is 2.15. The molecule has 2 aromatic rings. The zero-order valence-corrected chi connectivity index (χ0v) is 7.64. The highest BCUT2D eigenvalue weighted by atomic mass is 16.4. The van der Waals surface area contributed by atoms with Crippen LogP contribution in [0.25, 0.3) is 11.0 Å². The van der Waals surface area contributed by atoms with Gasteiger partial charge in [0.05, 0.1) is 12.1 Å². The Hall–Kier alpha value is -1.91. The van der Waals surface area contributed by atoms with Crippen molar-refractivity contribution in [2.24, 2.45) is 7.05 Å². The van der Waals surface area contributed by atoms with Crippen molar-refractivity contribution in [1.82, 2.24) is 14.8 Å². The van der Waals surface area contributed by atoms with Crippen LogP contribution in [-0.4, -0.2) is 25.8 Å². The fraction of sp³-hybridized carbons (Fsp3) is 0.222. The minimum Gasteiger partial charge on any atom is -0.481 e. The molecule has 0 aliphatic heterocycles. The fourth-order valence-electron chi connectivity index (χ4n) is 1.44. The van der Waals surface area contributed by atoms with E-state index in [9.17, 15) is 4.79 Å². The summed E-state index contributed by atoms with van der Waals surface area (Å²) < 4.78 is 1.59. The Bertz CT molecular complexity index is 490. The molecule has 0 spiro atoms. The summed E-state index contributed by atoms with van der Waals surface area (Å²) in [6, 6.07) is 3.60. The van der Waals surface area contributed by atoms with Crippen LogP contribution in [0.15, 0.2) is 18.3 Å². The number of nitrogens with zero attached hydrogens (tertiary/aromatic N) is 3. The number of hydrogen-bond donors (Lipinski definition) is 1. The van der Waals surface area contributed by atoms with E-state index in [0.29, 0.717) is 11.3 Å². The van der Waals surface area contributed by atoms with Crippen LogP contribution in [0.1, 0.15) is 5.69 Å². The molecule has 2 heterocycles. The Labute approximate surface area is 80.0 Å². The third-order valence-corrected chi connectivity index (χ3v) is 1.99. The zero-order valence-electron chi connectivity index (χ0n) is 7.64. The largest absolute Gasteiger partial charge is 0.481 e. The monoisotopic (exact) mass is 191 g/mol. The second-order valence-electron chi connectivity index (χ2n) is 3.02. The molecular formula is C9H9N3O2. The average Bonchev–Trinajstić information content (AvgIpc) is 2.44. The molecule has 5 heteroatoms. The van der Waals surface area contributed by atoms with Crippen molar-refractivity contribution in [2.45, 2.75) is 6.42 Å². The summed E-state index contributed by atoms with van der Waals surface area (Å²) in [5.41, 5.74) is 1.27. The first-order chi connectivity index (χ1) is 6.68. The number of hydrogen-bond acceptors (Lipinski definition) is 3. The SMILES string of the molecule is Cn1nc(CC(=O)O)c2cccnc21. The lowest BCUT2D eigenvalue weighted by atomic mass is 10.2. The molecule has 0 fully saturated rings. The van der Waals surface area contributed by atoms with Gasteiger partial charge in [0.1, 0.15) is 0 Å². The van der Waals surface area contributed by atoms with Crippen molar-refractivity contribution in [3.05, 3.63) is 24.0 Å². The van der Waals surface area contributed by atoms with Gasteiger partial charge in [0.15, 0.2) is 5.65 Å². The molecule has 0 atom stereocenters. The number of rotatable bonds is 2. The number of aryl methyl sites for hydroxylation is 1. The maximum atomic E-state index is 10.6. The van der Waals surface area contributed by atoms with Gasteiger partial charge in [-0.3, -0.25) is 9.48 Å². The van der Waals surface area contributed by atoms with Gasteiger partial charge in [-0.15, -0.1) is 0 Å². The van der Waals surface area contributed by atoms with Gasteiger partial charge in [-0.2, -0.15) is 5.10 Å². The highest BCUT2D eigenvalue weighted by Gasteiger charge is 2.11. The number of aromatic nitrogens is 3. The van der Waals surface area contributed by atoms with Gasteiger partial charge in [-0.25, -0.2) is 4.98 Å². The summed E-state index contributed by atoms with van der Waals surface area (Å²) in [5, 5.41) is 13.6. The smallest absolute Gasteiger partial charge is 0.309 e. The summed E-state index contributed by atoms with van der Waals surface area (Å²) >= 11 is 0. The lowest BCUT2D eigenvalue weighted by molar-refractivity contribution is -0.136. The van der Waals surface area contributed by atoms with Crippen molar-refractivity contribution in [3.8, 4) is 0 Å². The maximum Gasteiger partial charge on any atom is 0.309 e. The molecule has 2 aromatic heterocycles. The predicted molar refractivity (Wildman–Crippen MR) is 49.8 cm³/mol. The fourth-order valence-corrected chi connectivity index (χ4v) is 1.44. The van der Waals surface area contributed by atoms with E-state index >= 15 is 0 Å². The maximum absolute atomic E-state index is 10.6. The van der Waals surface area contributed by atoms with Crippen LogP contribution in [0.5, 0.6) is 0 Å². The van der Waals surface area contributed by atoms with Crippen molar-refractivity contribution in [3.63, 3.8) is 0 Å². The van der Waals surface area contributed by atoms with E-state index < -0.39 is 5.97 Å². The second-order valence-corrected chi connectivity index (χ2v) is 3.02. The minimum atomic E-state index is -0.881. The van der Waals surface area contributed by atoms with Gasteiger partial charge < -0.3 is 5.11 Å². The molecule has 2 rings (SSSR count). The molecule has 0 amide bonds. The third-order valence-electron chi connectivity index (χ3n) is 1.99. The first kappa shape index (κ1) is 8.68. The average molecular weight is 191 g/mol. The number of pyridine rings is 1. The number of aliphatic carboxylic acids is 1. The van der Waals surface area contributed by atoms with E-state index in [1.165, 1.54) is 0 Å². The zero-order chi connectivity index (χ0) is 10.1. The second kappa shape index (κ2) is 3.10. The van der Waals surface area contributed by atoms with Crippen molar-refractivity contribution < 1.29 is 9.90 Å². The van der Waals surface area contributed by atoms with E-state index in [1.807, 2.05) is 6.07 Å². The summed E-state index contributed by atoms with van der Waals surface area (Å²) in [6.07, 6.45) is 1.59. The van der Waals surface area contributed by atoms with Gasteiger partial charge in [-0.1, -0.05) is 0 Å². The molecule has 0 saturated carbocycles. The molecule has 0 aromatic carbocycles. The summed E-state index contributed by atoms with van der Waals surface area (Å²) in [7, 11) is 1.75. The molecule has 0 saturated heterocycles. The number of fused-ring (bicyclic) bond motifs is 1. The highest BCUT2D eigenvalue weighted by molar-refractivity contribution is 5.82. The Kier molecular flexibility index (Phi) is 1.92. The van der Waals surface area contributed by atoms with Gasteiger partial charge in [0.25, 0.3) is 0 Å². The Morgan fingerprint density at radius 3 is 3.14 bits per heavy atom. The van der Waals surface area contributed by atoms with E-state index in [0.717, 1.165) is 5.39 Å². The van der Waals surface area contributed by atoms with Crippen LogP contribution < -0.4 is 0 Å². The van der Waals surface area contributed by atoms with Crippen molar-refractivity contribution in [2.75, 3.05) is 0 Å². The first-order valence-electron chi connectivity index (χ1n) is 4.17. The third kappa shape index (κ3) is 1.32. The van der Waals surface area contributed by atoms with Crippen LogP contribution in [0.3, 0.4) is 0 Å². The van der Waals surface area contributed by atoms with Gasteiger partial charge in [0, 0.05) is 18.6 Å². The molecule has 0 bridgehead atoms. The summed E-state index contributed by atoms with van der Waals surface area (Å²) in [5.74, 6) is -0.881. The van der Waals surface area contributed by atoms with E-state index in [4.69, 9.17) is 5.11 Å². The minimum absolute atomic E-state index is 0.0664. The van der Waals surface area contributed by atoms with E-state index in [2.05, 4.69) is 10.1 Å². The van der Waals surface area contributed by atoms with Crippen molar-refractivity contribution >= 4 is 17.0 Å². The van der Waals surface area contributed by atoms with Gasteiger partial charge in [0.2, 0.25) is 0 Å². The van der Waals surface area contributed by atoms with Crippen LogP contribution in [-0.2, 0) is 18.3 Å². The predicted octanol–water partition coefficient (Wildman–Crippen LogP) is 0.595. The molecule has 0 aliphatic rings. The number of carbonyl (C=O) groups is 1. The molecule has 0 aliphatic carbocycles. The number of carboxylic acids is 1. The van der Waals surface area contributed by atoms with Crippen LogP contribution in [0, 0.1) is 0 Å². The Morgan fingerprint density at radius 1 is 1.64 bits per heavy atom. The molecule has 72 valence electrons. The summed E-state index contributed by atoms with van der Waals surface area (Å²) in [4.78, 5) is 14.7. The molecule has 0 radical (unpaired) electrons. The lowest BCUT2D eigenvalue weighted by Crippen LogP contribution is -2.01. The lowest BCUT2D eigenvalue weighted by Gasteiger charge is -1.90. The Balaban J connectivity index is 2.60. The Morgan fingerprint density at radius 2 is 2.43 bits per heavy atom. The van der Waals surface area contributed by atoms with Crippen LogP contribution in [0.2, 0.25) is 0 Å². The quantitative estimate of drug-likeness (QED) is 0.754. The van der Waals surface area contributed by atoms with Gasteiger partial charge >= 0.3 is 5.97 Å². The van der Waals surface area contributed by atoms with Gasteiger partial charge in [-0.05, 0) is 12.1 Å². The molecule has 14 heavy (non-hydrogen) atoms. The topological polar surface area (TPSA) is 68.0 Å². The normalized spacial score (nSPS) is 10.6. The number of carboxylic acid groups (broad SMARTS) is 1. The standard InChI is InChI=1S/C9H9N3O2/c1-12-9-6(3-2-4-10-9)7(11-12)5-8(13)14/h2-4H,5H2,1H3,(H,13,14). The van der Waals surface area contributed by atoms with Crippen LogP contribution in [0.4, 0.5) is 0 Å². The van der Waals surface area contributed by atoms with Crippen LogP contribution >= 0.6 is 0 Å². The molecular weight excluding hydrogens is 182 g/mol. The van der Waals surface area contributed by atoms with Crippen molar-refractivity contribution in [1.29, 1.82) is 0 Å². The molecule has 0 unspecified atom stereocenters.